The maximum atomic E-state index is 14.9. The van der Waals surface area contributed by atoms with E-state index >= 15 is 0 Å². The highest BCUT2D eigenvalue weighted by Gasteiger charge is 2.49. The molecule has 0 saturated carbocycles. The lowest BCUT2D eigenvalue weighted by atomic mass is 9.95. The van der Waals surface area contributed by atoms with Crippen molar-refractivity contribution in [2.24, 2.45) is 0 Å². The molecule has 5 nitrogen and oxygen atoms in total. The van der Waals surface area contributed by atoms with Gasteiger partial charge in [0.15, 0.2) is 5.13 Å². The van der Waals surface area contributed by atoms with Crippen molar-refractivity contribution in [3.05, 3.63) is 100 Å². The molecule has 5 rings (SSSR count). The molecule has 1 aromatic heterocycles. The van der Waals surface area contributed by atoms with Gasteiger partial charge < -0.3 is 5.11 Å². The van der Waals surface area contributed by atoms with Gasteiger partial charge in [-0.15, -0.1) is 0 Å². The summed E-state index contributed by atoms with van der Waals surface area (Å²) < 4.78 is 29.0. The number of hydrogen-bond donors (Lipinski definition) is 1. The van der Waals surface area contributed by atoms with Crippen LogP contribution in [0.4, 0.5) is 13.9 Å². The van der Waals surface area contributed by atoms with Crippen molar-refractivity contribution in [1.82, 2.24) is 4.98 Å². The van der Waals surface area contributed by atoms with Gasteiger partial charge in [-0.25, -0.2) is 13.8 Å². The maximum absolute atomic E-state index is 14.9. The molecule has 0 spiro atoms. The molecular weight excluding hydrogens is 470 g/mol. The van der Waals surface area contributed by atoms with Gasteiger partial charge in [-0.1, -0.05) is 41.1 Å². The van der Waals surface area contributed by atoms with E-state index in [9.17, 15) is 23.5 Å². The molecule has 3 aromatic carbocycles. The SMILES string of the molecule is O=C1C(=O)N(c2nc3ccc(F)cc3s2)C(c2ccccc2F)C1=C(O)c1ccc(Cl)cc1. The molecule has 0 radical (unpaired) electrons. The summed E-state index contributed by atoms with van der Waals surface area (Å²) in [6.07, 6.45) is 0. The van der Waals surface area contributed by atoms with Crippen molar-refractivity contribution in [2.45, 2.75) is 6.04 Å². The van der Waals surface area contributed by atoms with E-state index in [0.717, 1.165) is 16.2 Å². The first-order valence-corrected chi connectivity index (χ1v) is 10.9. The molecule has 1 N–H and O–H groups in total. The number of benzene rings is 3. The van der Waals surface area contributed by atoms with Crippen LogP contribution in [0, 0.1) is 11.6 Å². The van der Waals surface area contributed by atoms with Crippen LogP contribution in [0.25, 0.3) is 16.0 Å². The number of rotatable bonds is 3. The van der Waals surface area contributed by atoms with Gasteiger partial charge in [0.05, 0.1) is 15.8 Å². The Morgan fingerprint density at radius 1 is 1.03 bits per heavy atom. The van der Waals surface area contributed by atoms with Crippen LogP contribution in [-0.4, -0.2) is 21.8 Å². The fourth-order valence-electron chi connectivity index (χ4n) is 3.77. The lowest BCUT2D eigenvalue weighted by Crippen LogP contribution is -2.29. The van der Waals surface area contributed by atoms with E-state index in [1.54, 1.807) is 6.07 Å². The Bertz CT molecular complexity index is 1470. The highest BCUT2D eigenvalue weighted by atomic mass is 35.5. The largest absolute Gasteiger partial charge is 0.507 e. The number of halogens is 3. The van der Waals surface area contributed by atoms with Crippen LogP contribution in [0.5, 0.6) is 0 Å². The normalized spacial score (nSPS) is 17.8. The molecule has 1 aliphatic heterocycles. The number of Topliss-reactive ketones (excluding diaryl/α,β-unsaturated/α-hetero) is 1. The third-order valence-electron chi connectivity index (χ3n) is 5.31. The second kappa shape index (κ2) is 8.06. The molecule has 1 unspecified atom stereocenters. The Morgan fingerprint density at radius 2 is 1.76 bits per heavy atom. The van der Waals surface area contributed by atoms with Gasteiger partial charge in [-0.05, 0) is 48.5 Å². The first kappa shape index (κ1) is 21.2. The van der Waals surface area contributed by atoms with Crippen LogP contribution in [0.1, 0.15) is 17.2 Å². The zero-order valence-corrected chi connectivity index (χ0v) is 18.2. The van der Waals surface area contributed by atoms with Crippen LogP contribution < -0.4 is 4.90 Å². The van der Waals surface area contributed by atoms with E-state index in [2.05, 4.69) is 4.98 Å². The van der Waals surface area contributed by atoms with Gasteiger partial charge in [0.2, 0.25) is 0 Å². The van der Waals surface area contributed by atoms with Gasteiger partial charge in [0, 0.05) is 16.1 Å². The van der Waals surface area contributed by atoms with E-state index in [1.165, 1.54) is 60.7 Å². The Kier molecular flexibility index (Phi) is 5.19. The minimum atomic E-state index is -1.27. The summed E-state index contributed by atoms with van der Waals surface area (Å²) in [5.74, 6) is -3.57. The number of hydrogen-bond acceptors (Lipinski definition) is 5. The number of fused-ring (bicyclic) bond motifs is 1. The van der Waals surface area contributed by atoms with E-state index < -0.39 is 35.1 Å². The van der Waals surface area contributed by atoms with E-state index in [0.29, 0.717) is 15.2 Å². The Hall–Kier alpha value is -3.62. The second-order valence-electron chi connectivity index (χ2n) is 7.31. The zero-order valence-electron chi connectivity index (χ0n) is 16.6. The maximum Gasteiger partial charge on any atom is 0.301 e. The average molecular weight is 483 g/mol. The summed E-state index contributed by atoms with van der Waals surface area (Å²) in [7, 11) is 0. The standard InChI is InChI=1S/C24H13ClF2N2O3S/c25-13-7-5-12(6-8-13)21(30)19-20(15-3-1-2-4-16(15)27)29(23(32)22(19)31)24-28-17-10-9-14(26)11-18(17)33-24/h1-11,20,30H. The highest BCUT2D eigenvalue weighted by Crippen LogP contribution is 2.45. The molecule has 4 aromatic rings. The molecule has 164 valence electrons. The Labute approximate surface area is 195 Å². The minimum Gasteiger partial charge on any atom is -0.507 e. The van der Waals surface area contributed by atoms with E-state index in [1.807, 2.05) is 0 Å². The summed E-state index contributed by atoms with van der Waals surface area (Å²) in [6.45, 7) is 0. The number of nitrogens with zero attached hydrogens (tertiary/aromatic N) is 2. The second-order valence-corrected chi connectivity index (χ2v) is 8.75. The molecule has 1 aliphatic rings. The number of anilines is 1. The summed E-state index contributed by atoms with van der Waals surface area (Å²) in [5, 5.41) is 11.5. The molecule has 1 saturated heterocycles. The molecule has 0 aliphatic carbocycles. The summed E-state index contributed by atoms with van der Waals surface area (Å²) >= 11 is 6.90. The lowest BCUT2D eigenvalue weighted by Gasteiger charge is -2.23. The fourth-order valence-corrected chi connectivity index (χ4v) is 4.92. The van der Waals surface area contributed by atoms with Gasteiger partial charge in [-0.2, -0.15) is 0 Å². The van der Waals surface area contributed by atoms with Crippen molar-refractivity contribution < 1.29 is 23.5 Å². The number of amides is 1. The van der Waals surface area contributed by atoms with Gasteiger partial charge in [-0.3, -0.25) is 14.5 Å². The van der Waals surface area contributed by atoms with Crippen LogP contribution in [0.15, 0.2) is 72.3 Å². The number of aliphatic hydroxyl groups is 1. The summed E-state index contributed by atoms with van der Waals surface area (Å²) in [4.78, 5) is 31.6. The lowest BCUT2D eigenvalue weighted by molar-refractivity contribution is -0.132. The smallest absolute Gasteiger partial charge is 0.301 e. The first-order valence-electron chi connectivity index (χ1n) is 9.72. The van der Waals surface area contributed by atoms with Crippen molar-refractivity contribution in [2.75, 3.05) is 4.90 Å². The highest BCUT2D eigenvalue weighted by molar-refractivity contribution is 7.22. The number of aliphatic hydroxyl groups excluding tert-OH is 1. The molecule has 33 heavy (non-hydrogen) atoms. The van der Waals surface area contributed by atoms with Gasteiger partial charge in [0.1, 0.15) is 23.4 Å². The molecule has 9 heteroatoms. The molecule has 0 bridgehead atoms. The quantitative estimate of drug-likeness (QED) is 0.226. The number of thiazole rings is 1. The van der Waals surface area contributed by atoms with Crippen molar-refractivity contribution in [3.63, 3.8) is 0 Å². The molecule has 1 fully saturated rings. The summed E-state index contributed by atoms with van der Waals surface area (Å²) in [6, 6.07) is 14.4. The van der Waals surface area contributed by atoms with Crippen LogP contribution in [0.2, 0.25) is 5.02 Å². The first-order chi connectivity index (χ1) is 15.8. The molecule has 1 atom stereocenters. The van der Waals surface area contributed by atoms with Crippen LogP contribution in [0.3, 0.4) is 0 Å². The summed E-state index contributed by atoms with van der Waals surface area (Å²) in [5.41, 5.74) is 0.393. The van der Waals surface area contributed by atoms with E-state index in [-0.39, 0.29) is 21.8 Å². The fraction of sp³-hybridized carbons (Fsp3) is 0.0417. The molecule has 1 amide bonds. The predicted octanol–water partition coefficient (Wildman–Crippen LogP) is 5.85. The Morgan fingerprint density at radius 3 is 2.48 bits per heavy atom. The van der Waals surface area contributed by atoms with Crippen molar-refractivity contribution >= 4 is 55.7 Å². The van der Waals surface area contributed by atoms with Crippen LogP contribution in [-0.2, 0) is 9.59 Å². The van der Waals surface area contributed by atoms with Crippen molar-refractivity contribution in [1.29, 1.82) is 0 Å². The van der Waals surface area contributed by atoms with Crippen LogP contribution >= 0.6 is 22.9 Å². The monoisotopic (exact) mass is 482 g/mol. The third-order valence-corrected chi connectivity index (χ3v) is 6.58. The molecular formula is C24H13ClF2N2O3S. The third kappa shape index (κ3) is 3.57. The topological polar surface area (TPSA) is 70.5 Å². The Balaban J connectivity index is 1.75. The van der Waals surface area contributed by atoms with Gasteiger partial charge in [0.25, 0.3) is 5.78 Å². The number of ketones is 1. The average Bonchev–Trinajstić information content (AvgIpc) is 3.32. The predicted molar refractivity (Wildman–Crippen MR) is 122 cm³/mol. The number of carbonyl (C=O) groups is 2. The van der Waals surface area contributed by atoms with Crippen molar-refractivity contribution in [3.8, 4) is 0 Å². The minimum absolute atomic E-state index is 0.0117. The van der Waals surface area contributed by atoms with Gasteiger partial charge >= 0.3 is 5.91 Å². The zero-order chi connectivity index (χ0) is 23.3. The number of carbonyl (C=O) groups excluding carboxylic acids is 2. The number of aromatic nitrogens is 1. The van der Waals surface area contributed by atoms with E-state index in [4.69, 9.17) is 11.6 Å². The molecule has 2 heterocycles.